The van der Waals surface area contributed by atoms with Gasteiger partial charge in [-0.25, -0.2) is 13.6 Å². The van der Waals surface area contributed by atoms with E-state index in [1.807, 2.05) is 18.2 Å². The second kappa shape index (κ2) is 7.45. The van der Waals surface area contributed by atoms with Gasteiger partial charge in [0.1, 0.15) is 0 Å². The number of anilines is 1. The third-order valence-electron chi connectivity index (χ3n) is 4.42. The largest absolute Gasteiger partial charge is 0.417 e. The fourth-order valence-corrected chi connectivity index (χ4v) is 3.81. The first kappa shape index (κ1) is 19.6. The van der Waals surface area contributed by atoms with Gasteiger partial charge in [0.2, 0.25) is 10.0 Å². The number of pyridine rings is 1. The van der Waals surface area contributed by atoms with Crippen molar-refractivity contribution >= 4 is 15.7 Å². The summed E-state index contributed by atoms with van der Waals surface area (Å²) in [6.45, 7) is 3.05. The van der Waals surface area contributed by atoms with Gasteiger partial charge in [-0.15, -0.1) is 0 Å². The van der Waals surface area contributed by atoms with E-state index in [0.29, 0.717) is 38.4 Å². The molecule has 2 aromatic rings. The Bertz CT molecular complexity index is 896. The molecule has 146 valence electrons. The first-order valence-electron chi connectivity index (χ1n) is 8.26. The molecule has 6 nitrogen and oxygen atoms in total. The molecule has 2 N–H and O–H groups in total. The number of hydrogen-bond acceptors (Lipinski definition) is 5. The predicted octanol–water partition coefficient (Wildman–Crippen LogP) is 2.07. The van der Waals surface area contributed by atoms with Gasteiger partial charge >= 0.3 is 6.18 Å². The van der Waals surface area contributed by atoms with E-state index in [1.54, 1.807) is 11.1 Å². The van der Waals surface area contributed by atoms with Crippen LogP contribution in [0.15, 0.2) is 47.5 Å². The third kappa shape index (κ3) is 4.76. The van der Waals surface area contributed by atoms with Crippen molar-refractivity contribution in [3.8, 4) is 0 Å². The minimum Gasteiger partial charge on any atom is -0.369 e. The maximum Gasteiger partial charge on any atom is 0.417 e. The highest BCUT2D eigenvalue weighted by Gasteiger charge is 2.37. The molecule has 1 aliphatic heterocycles. The lowest BCUT2D eigenvalue weighted by atomic mass is 10.1. The van der Waals surface area contributed by atoms with Gasteiger partial charge in [-0.1, -0.05) is 6.07 Å². The lowest BCUT2D eigenvalue weighted by molar-refractivity contribution is -0.139. The van der Waals surface area contributed by atoms with Crippen LogP contribution < -0.4 is 10.0 Å². The molecule has 0 atom stereocenters. The molecule has 1 fully saturated rings. The molecule has 0 bridgehead atoms. The zero-order valence-electron chi connectivity index (χ0n) is 14.4. The number of sulfonamides is 1. The van der Waals surface area contributed by atoms with Crippen LogP contribution in [0.5, 0.6) is 0 Å². The minimum atomic E-state index is -4.81. The SMILES string of the molecule is NS(=O)(=O)c1ccc(N2CCN(Cc3ccccn3)CC2)cc1C(F)(F)F. The fraction of sp³-hybridized carbons (Fsp3) is 0.353. The number of nitrogens with two attached hydrogens (primary N) is 1. The van der Waals surface area contributed by atoms with Crippen molar-refractivity contribution in [2.24, 2.45) is 5.14 Å². The number of hydrogen-bond donors (Lipinski definition) is 1. The summed E-state index contributed by atoms with van der Waals surface area (Å²) in [4.78, 5) is 7.33. The third-order valence-corrected chi connectivity index (χ3v) is 5.39. The van der Waals surface area contributed by atoms with Crippen molar-refractivity contribution in [2.45, 2.75) is 17.6 Å². The van der Waals surface area contributed by atoms with Crippen LogP contribution in [0.1, 0.15) is 11.3 Å². The van der Waals surface area contributed by atoms with Crippen molar-refractivity contribution in [3.05, 3.63) is 53.9 Å². The maximum absolute atomic E-state index is 13.3. The molecule has 1 saturated heterocycles. The van der Waals surface area contributed by atoms with E-state index in [2.05, 4.69) is 9.88 Å². The van der Waals surface area contributed by atoms with Crippen molar-refractivity contribution in [1.82, 2.24) is 9.88 Å². The average Bonchev–Trinajstić information content (AvgIpc) is 2.61. The second-order valence-corrected chi connectivity index (χ2v) is 7.84. The molecule has 0 spiro atoms. The smallest absolute Gasteiger partial charge is 0.369 e. The Hall–Kier alpha value is -2.17. The Balaban J connectivity index is 1.74. The zero-order chi connectivity index (χ0) is 19.7. The van der Waals surface area contributed by atoms with E-state index in [9.17, 15) is 21.6 Å². The number of alkyl halides is 3. The molecule has 1 aromatic carbocycles. The van der Waals surface area contributed by atoms with Crippen LogP contribution in [-0.4, -0.2) is 44.5 Å². The Kier molecular flexibility index (Phi) is 5.41. The monoisotopic (exact) mass is 400 g/mol. The van der Waals surface area contributed by atoms with Crippen molar-refractivity contribution in [1.29, 1.82) is 0 Å². The summed E-state index contributed by atoms with van der Waals surface area (Å²) in [7, 11) is -4.46. The molecule has 10 heteroatoms. The molecule has 2 heterocycles. The van der Waals surface area contributed by atoms with Gasteiger partial charge in [-0.3, -0.25) is 9.88 Å². The standard InChI is InChI=1S/C17H19F3N4O2S/c18-17(19,20)15-11-14(4-5-16(15)27(21,25)26)24-9-7-23(8-10-24)12-13-3-1-2-6-22-13/h1-6,11H,7-10,12H2,(H2,21,25,26). The van der Waals surface area contributed by atoms with Crippen LogP contribution in [0.2, 0.25) is 0 Å². The number of primary sulfonamides is 1. The minimum absolute atomic E-state index is 0.326. The van der Waals surface area contributed by atoms with Gasteiger partial charge in [-0.2, -0.15) is 13.2 Å². The topological polar surface area (TPSA) is 79.5 Å². The lowest BCUT2D eigenvalue weighted by Gasteiger charge is -2.36. The Morgan fingerprint density at radius 1 is 1.07 bits per heavy atom. The van der Waals surface area contributed by atoms with Crippen LogP contribution in [0.3, 0.4) is 0 Å². The summed E-state index contributed by atoms with van der Waals surface area (Å²) < 4.78 is 62.7. The average molecular weight is 400 g/mol. The summed E-state index contributed by atoms with van der Waals surface area (Å²) in [5.74, 6) is 0. The Morgan fingerprint density at radius 3 is 2.33 bits per heavy atom. The van der Waals surface area contributed by atoms with E-state index in [-0.39, 0.29) is 0 Å². The molecular formula is C17H19F3N4O2S. The number of aromatic nitrogens is 1. The zero-order valence-corrected chi connectivity index (χ0v) is 15.2. The second-order valence-electron chi connectivity index (χ2n) is 6.31. The maximum atomic E-state index is 13.3. The van der Waals surface area contributed by atoms with E-state index in [1.165, 1.54) is 6.07 Å². The number of piperazine rings is 1. The van der Waals surface area contributed by atoms with Gasteiger partial charge in [0.05, 0.1) is 16.2 Å². The van der Waals surface area contributed by atoms with Gasteiger partial charge < -0.3 is 4.90 Å². The Morgan fingerprint density at radius 2 is 1.78 bits per heavy atom. The van der Waals surface area contributed by atoms with Crippen molar-refractivity contribution in [2.75, 3.05) is 31.1 Å². The summed E-state index contributed by atoms with van der Waals surface area (Å²) in [6.07, 6.45) is -3.09. The van der Waals surface area contributed by atoms with E-state index >= 15 is 0 Å². The van der Waals surface area contributed by atoms with Gasteiger partial charge in [0.15, 0.2) is 0 Å². The summed E-state index contributed by atoms with van der Waals surface area (Å²) in [6, 6.07) is 8.81. The number of rotatable bonds is 4. The van der Waals surface area contributed by atoms with E-state index in [0.717, 1.165) is 17.8 Å². The van der Waals surface area contributed by atoms with E-state index in [4.69, 9.17) is 5.14 Å². The summed E-state index contributed by atoms with van der Waals surface area (Å²) in [5, 5.41) is 4.92. The molecule has 3 rings (SSSR count). The van der Waals surface area contributed by atoms with Crippen LogP contribution in [0.25, 0.3) is 0 Å². The molecule has 1 aromatic heterocycles. The number of nitrogens with zero attached hydrogens (tertiary/aromatic N) is 3. The summed E-state index contributed by atoms with van der Waals surface area (Å²) >= 11 is 0. The predicted molar refractivity (Wildman–Crippen MR) is 94.5 cm³/mol. The molecule has 0 amide bonds. The van der Waals surface area contributed by atoms with Crippen LogP contribution in [-0.2, 0) is 22.7 Å². The van der Waals surface area contributed by atoms with E-state index < -0.39 is 26.7 Å². The molecule has 27 heavy (non-hydrogen) atoms. The first-order chi connectivity index (χ1) is 12.6. The molecule has 0 radical (unpaired) electrons. The molecule has 0 unspecified atom stereocenters. The fourth-order valence-electron chi connectivity index (χ4n) is 3.07. The molecule has 1 aliphatic rings. The quantitative estimate of drug-likeness (QED) is 0.850. The van der Waals surface area contributed by atoms with Crippen LogP contribution in [0.4, 0.5) is 18.9 Å². The number of halogens is 3. The summed E-state index contributed by atoms with van der Waals surface area (Å²) in [5.41, 5.74) is 0.0217. The van der Waals surface area contributed by atoms with Crippen LogP contribution >= 0.6 is 0 Å². The van der Waals surface area contributed by atoms with Gasteiger partial charge in [-0.05, 0) is 30.3 Å². The molecule has 0 aliphatic carbocycles. The highest BCUT2D eigenvalue weighted by atomic mass is 32.2. The lowest BCUT2D eigenvalue weighted by Crippen LogP contribution is -2.46. The normalized spacial score (nSPS) is 16.5. The molecule has 0 saturated carbocycles. The highest BCUT2D eigenvalue weighted by molar-refractivity contribution is 7.89. The highest BCUT2D eigenvalue weighted by Crippen LogP contribution is 2.36. The van der Waals surface area contributed by atoms with Crippen molar-refractivity contribution in [3.63, 3.8) is 0 Å². The van der Waals surface area contributed by atoms with Gasteiger partial charge in [0.25, 0.3) is 0 Å². The molecular weight excluding hydrogens is 381 g/mol. The first-order valence-corrected chi connectivity index (χ1v) is 9.80. The Labute approximate surface area is 155 Å². The number of benzene rings is 1. The van der Waals surface area contributed by atoms with Gasteiger partial charge in [0, 0.05) is 44.6 Å². The van der Waals surface area contributed by atoms with Crippen molar-refractivity contribution < 1.29 is 21.6 Å². The van der Waals surface area contributed by atoms with Crippen LogP contribution in [0, 0.1) is 0 Å².